The molecule has 0 aromatic rings. The summed E-state index contributed by atoms with van der Waals surface area (Å²) in [5, 5.41) is 12.9. The fourth-order valence-electron chi connectivity index (χ4n) is 2.11. The highest BCUT2D eigenvalue weighted by molar-refractivity contribution is 4.99. The molecule has 0 amide bonds. The molecule has 2 unspecified atom stereocenters. The number of aliphatic hydroxyl groups is 1. The van der Waals surface area contributed by atoms with Gasteiger partial charge in [0.15, 0.2) is 0 Å². The summed E-state index contributed by atoms with van der Waals surface area (Å²) >= 11 is 0. The number of nitrogens with one attached hydrogen (secondary N) is 1. The van der Waals surface area contributed by atoms with Gasteiger partial charge in [-0.05, 0) is 33.4 Å². The highest BCUT2D eigenvalue weighted by Gasteiger charge is 2.39. The molecule has 0 radical (unpaired) electrons. The number of likely N-dealkylation sites (N-methyl/N-ethyl adjacent to an activating group) is 1. The Bertz CT molecular complexity index is 151. The molecule has 0 aromatic heterocycles. The number of likely N-dealkylation sites (tertiary alicyclic amines) is 1. The highest BCUT2D eigenvalue weighted by atomic mass is 16.3. The maximum absolute atomic E-state index is 9.39. The maximum Gasteiger partial charge on any atom is 0.0626 e. The third-order valence-corrected chi connectivity index (χ3v) is 3.04. The van der Waals surface area contributed by atoms with Crippen molar-refractivity contribution in [3.05, 3.63) is 0 Å². The zero-order chi connectivity index (χ0) is 9.90. The van der Waals surface area contributed by atoms with Crippen molar-refractivity contribution < 1.29 is 5.11 Å². The largest absolute Gasteiger partial charge is 0.394 e. The average molecular weight is 186 g/mol. The van der Waals surface area contributed by atoms with E-state index in [2.05, 4.69) is 31.1 Å². The Morgan fingerprint density at radius 3 is 2.69 bits per heavy atom. The van der Waals surface area contributed by atoms with Crippen molar-refractivity contribution in [2.45, 2.75) is 38.3 Å². The van der Waals surface area contributed by atoms with Gasteiger partial charge in [-0.15, -0.1) is 0 Å². The van der Waals surface area contributed by atoms with Crippen LogP contribution in [0.1, 0.15) is 26.7 Å². The summed E-state index contributed by atoms with van der Waals surface area (Å²) < 4.78 is 0. The van der Waals surface area contributed by atoms with Gasteiger partial charge in [-0.3, -0.25) is 0 Å². The molecular formula is C10H22N2O. The first-order valence-electron chi connectivity index (χ1n) is 5.19. The molecule has 0 bridgehead atoms. The predicted molar refractivity (Wildman–Crippen MR) is 54.8 cm³/mol. The number of aliphatic hydroxyl groups excluding tert-OH is 1. The van der Waals surface area contributed by atoms with Crippen molar-refractivity contribution in [3.8, 4) is 0 Å². The standard InChI is InChI=1S/C10H22N2O/c1-4-5-11-10(8-13)6-9(2)12(3)7-10/h9,11,13H,4-8H2,1-3H3. The highest BCUT2D eigenvalue weighted by Crippen LogP contribution is 2.25. The minimum Gasteiger partial charge on any atom is -0.394 e. The molecule has 0 aromatic carbocycles. The van der Waals surface area contributed by atoms with Crippen LogP contribution in [0.3, 0.4) is 0 Å². The molecule has 0 aliphatic carbocycles. The third kappa shape index (κ3) is 2.42. The monoisotopic (exact) mass is 186 g/mol. The van der Waals surface area contributed by atoms with E-state index in [1.807, 2.05) is 0 Å². The van der Waals surface area contributed by atoms with Crippen LogP contribution in [0.25, 0.3) is 0 Å². The first-order chi connectivity index (χ1) is 6.13. The van der Waals surface area contributed by atoms with Crippen LogP contribution < -0.4 is 5.32 Å². The van der Waals surface area contributed by atoms with E-state index in [-0.39, 0.29) is 12.1 Å². The third-order valence-electron chi connectivity index (χ3n) is 3.04. The molecule has 1 fully saturated rings. The average Bonchev–Trinajstić information content (AvgIpc) is 2.40. The van der Waals surface area contributed by atoms with E-state index >= 15 is 0 Å². The van der Waals surface area contributed by atoms with Gasteiger partial charge in [0.25, 0.3) is 0 Å². The van der Waals surface area contributed by atoms with Crippen LogP contribution in [0.4, 0.5) is 0 Å². The number of hydrogen-bond acceptors (Lipinski definition) is 3. The molecule has 1 saturated heterocycles. The minimum absolute atomic E-state index is 0.0375. The summed E-state index contributed by atoms with van der Waals surface area (Å²) in [6, 6.07) is 0.580. The van der Waals surface area contributed by atoms with Gasteiger partial charge < -0.3 is 15.3 Å². The van der Waals surface area contributed by atoms with Crippen LogP contribution in [0.15, 0.2) is 0 Å². The van der Waals surface area contributed by atoms with Crippen LogP contribution in [0.5, 0.6) is 0 Å². The molecule has 2 N–H and O–H groups in total. The van der Waals surface area contributed by atoms with Crippen molar-refractivity contribution in [1.29, 1.82) is 0 Å². The van der Waals surface area contributed by atoms with Crippen molar-refractivity contribution in [3.63, 3.8) is 0 Å². The summed E-state index contributed by atoms with van der Waals surface area (Å²) in [5.74, 6) is 0. The lowest BCUT2D eigenvalue weighted by Gasteiger charge is -2.27. The van der Waals surface area contributed by atoms with E-state index in [9.17, 15) is 5.11 Å². The molecular weight excluding hydrogens is 164 g/mol. The molecule has 1 aliphatic rings. The lowest BCUT2D eigenvalue weighted by molar-refractivity contribution is 0.165. The Hall–Kier alpha value is -0.120. The van der Waals surface area contributed by atoms with Crippen molar-refractivity contribution in [2.75, 3.05) is 26.7 Å². The van der Waals surface area contributed by atoms with Crippen LogP contribution in [0, 0.1) is 0 Å². The number of rotatable bonds is 4. The number of hydrogen-bond donors (Lipinski definition) is 2. The zero-order valence-corrected chi connectivity index (χ0v) is 9.01. The Balaban J connectivity index is 2.51. The van der Waals surface area contributed by atoms with E-state index in [4.69, 9.17) is 0 Å². The van der Waals surface area contributed by atoms with E-state index in [1.165, 1.54) is 0 Å². The molecule has 1 aliphatic heterocycles. The van der Waals surface area contributed by atoms with Crippen molar-refractivity contribution >= 4 is 0 Å². The molecule has 0 spiro atoms. The van der Waals surface area contributed by atoms with E-state index in [0.29, 0.717) is 6.04 Å². The SMILES string of the molecule is CCCNC1(CO)CC(C)N(C)C1. The fraction of sp³-hybridized carbons (Fsp3) is 1.00. The zero-order valence-electron chi connectivity index (χ0n) is 9.01. The molecule has 13 heavy (non-hydrogen) atoms. The molecule has 78 valence electrons. The Morgan fingerprint density at radius 1 is 1.62 bits per heavy atom. The van der Waals surface area contributed by atoms with Gasteiger partial charge >= 0.3 is 0 Å². The van der Waals surface area contributed by atoms with Crippen LogP contribution in [-0.2, 0) is 0 Å². The quantitative estimate of drug-likeness (QED) is 0.669. The normalized spacial score (nSPS) is 35.5. The first kappa shape index (κ1) is 11.0. The second kappa shape index (κ2) is 4.40. The minimum atomic E-state index is -0.0375. The molecule has 1 rings (SSSR count). The summed E-state index contributed by atoms with van der Waals surface area (Å²) in [4.78, 5) is 2.30. The lowest BCUT2D eigenvalue weighted by Crippen LogP contribution is -2.50. The van der Waals surface area contributed by atoms with Gasteiger partial charge in [0.1, 0.15) is 0 Å². The molecule has 0 saturated carbocycles. The molecule has 2 atom stereocenters. The Morgan fingerprint density at radius 2 is 2.31 bits per heavy atom. The van der Waals surface area contributed by atoms with Crippen LogP contribution in [-0.4, -0.2) is 48.3 Å². The predicted octanol–water partition coefficient (Wildman–Crippen LogP) is 0.441. The van der Waals surface area contributed by atoms with Crippen molar-refractivity contribution in [1.82, 2.24) is 10.2 Å². The summed E-state index contributed by atoms with van der Waals surface area (Å²) in [5.41, 5.74) is -0.0375. The fourth-order valence-corrected chi connectivity index (χ4v) is 2.11. The van der Waals surface area contributed by atoms with Gasteiger partial charge in [0.05, 0.1) is 12.1 Å². The molecule has 3 heteroatoms. The Labute approximate surface area is 81.1 Å². The lowest BCUT2D eigenvalue weighted by atomic mass is 9.97. The van der Waals surface area contributed by atoms with Gasteiger partial charge in [0, 0.05) is 12.6 Å². The van der Waals surface area contributed by atoms with Gasteiger partial charge in [-0.25, -0.2) is 0 Å². The van der Waals surface area contributed by atoms with E-state index < -0.39 is 0 Å². The van der Waals surface area contributed by atoms with Crippen LogP contribution >= 0.6 is 0 Å². The van der Waals surface area contributed by atoms with Crippen LogP contribution in [0.2, 0.25) is 0 Å². The van der Waals surface area contributed by atoms with E-state index in [0.717, 1.165) is 25.9 Å². The summed E-state index contributed by atoms with van der Waals surface area (Å²) in [7, 11) is 2.12. The second-order valence-electron chi connectivity index (χ2n) is 4.33. The van der Waals surface area contributed by atoms with Gasteiger partial charge in [-0.1, -0.05) is 6.92 Å². The van der Waals surface area contributed by atoms with Crippen molar-refractivity contribution in [2.24, 2.45) is 0 Å². The number of nitrogens with zero attached hydrogens (tertiary/aromatic N) is 1. The van der Waals surface area contributed by atoms with Gasteiger partial charge in [-0.2, -0.15) is 0 Å². The molecule has 3 nitrogen and oxygen atoms in total. The topological polar surface area (TPSA) is 35.5 Å². The Kier molecular flexibility index (Phi) is 3.71. The molecule has 1 heterocycles. The van der Waals surface area contributed by atoms with E-state index in [1.54, 1.807) is 0 Å². The first-order valence-corrected chi connectivity index (χ1v) is 5.19. The van der Waals surface area contributed by atoms with Gasteiger partial charge in [0.2, 0.25) is 0 Å². The summed E-state index contributed by atoms with van der Waals surface area (Å²) in [6.07, 6.45) is 2.18. The maximum atomic E-state index is 9.39. The summed E-state index contributed by atoms with van der Waals surface area (Å²) in [6.45, 7) is 6.58. The smallest absolute Gasteiger partial charge is 0.0626 e. The second-order valence-corrected chi connectivity index (χ2v) is 4.33.